The average Bonchev–Trinajstić information content (AvgIpc) is 2.64. The first-order chi connectivity index (χ1) is 12.6. The normalized spacial score (nSPS) is 17.5. The van der Waals surface area contributed by atoms with E-state index in [4.69, 9.17) is 0 Å². The smallest absolute Gasteiger partial charge is 0.228 e. The second kappa shape index (κ2) is 8.63. The Bertz CT molecular complexity index is 744. The van der Waals surface area contributed by atoms with Gasteiger partial charge in [-0.05, 0) is 49.2 Å². The number of hydrogen-bond donors (Lipinski definition) is 2. The number of nitrogens with one attached hydrogen (secondary N) is 2. The molecule has 5 nitrogen and oxygen atoms in total. The fraction of sp³-hybridized carbons (Fsp3) is 0.333. The summed E-state index contributed by atoms with van der Waals surface area (Å²) in [7, 11) is 0. The second-order valence-electron chi connectivity index (χ2n) is 6.81. The van der Waals surface area contributed by atoms with Gasteiger partial charge in [0.2, 0.25) is 11.8 Å². The molecule has 5 heteroatoms. The molecule has 2 aromatic carbocycles. The van der Waals surface area contributed by atoms with E-state index in [0.29, 0.717) is 0 Å². The minimum absolute atomic E-state index is 0.00230. The predicted octanol–water partition coefficient (Wildman–Crippen LogP) is 3.50. The van der Waals surface area contributed by atoms with Gasteiger partial charge in [0.15, 0.2) is 0 Å². The van der Waals surface area contributed by atoms with Gasteiger partial charge >= 0.3 is 0 Å². The molecule has 26 heavy (non-hydrogen) atoms. The first kappa shape index (κ1) is 18.1. The monoisotopic (exact) mass is 351 g/mol. The third-order valence-corrected chi connectivity index (χ3v) is 4.60. The first-order valence-corrected chi connectivity index (χ1v) is 9.05. The van der Waals surface area contributed by atoms with Crippen LogP contribution in [0.5, 0.6) is 0 Å². The van der Waals surface area contributed by atoms with Crippen molar-refractivity contribution in [1.82, 2.24) is 4.90 Å². The topological polar surface area (TPSA) is 61.4 Å². The van der Waals surface area contributed by atoms with Crippen LogP contribution in [0.4, 0.5) is 11.4 Å². The van der Waals surface area contributed by atoms with E-state index in [1.54, 1.807) is 12.1 Å². The highest BCUT2D eigenvalue weighted by atomic mass is 16.2. The molecule has 1 fully saturated rings. The molecule has 1 saturated heterocycles. The predicted molar refractivity (Wildman–Crippen MR) is 104 cm³/mol. The number of carbonyl (C=O) groups is 2. The lowest BCUT2D eigenvalue weighted by Gasteiger charge is -2.32. The minimum atomic E-state index is -0.109. The lowest BCUT2D eigenvalue weighted by molar-refractivity contribution is -0.121. The van der Waals surface area contributed by atoms with Gasteiger partial charge in [-0.3, -0.25) is 14.5 Å². The maximum Gasteiger partial charge on any atom is 0.228 e. The van der Waals surface area contributed by atoms with E-state index in [2.05, 4.69) is 27.7 Å². The van der Waals surface area contributed by atoms with Gasteiger partial charge in [-0.2, -0.15) is 0 Å². The Morgan fingerprint density at radius 1 is 1.00 bits per heavy atom. The van der Waals surface area contributed by atoms with Crippen molar-refractivity contribution in [3.8, 4) is 0 Å². The Balaban J connectivity index is 1.54. The number of hydrogen-bond acceptors (Lipinski definition) is 3. The summed E-state index contributed by atoms with van der Waals surface area (Å²) in [6, 6.07) is 17.6. The SMILES string of the molecule is CC(=O)Nc1ccc(NC(=O)[C@@H]2CCCN(Cc3ccccc3)C2)cc1. The van der Waals surface area contributed by atoms with Crippen LogP contribution < -0.4 is 10.6 Å². The lowest BCUT2D eigenvalue weighted by Crippen LogP contribution is -2.40. The van der Waals surface area contributed by atoms with Gasteiger partial charge in [-0.25, -0.2) is 0 Å². The van der Waals surface area contributed by atoms with Crippen molar-refractivity contribution in [2.75, 3.05) is 23.7 Å². The summed E-state index contributed by atoms with van der Waals surface area (Å²) in [5, 5.41) is 5.72. The molecular weight excluding hydrogens is 326 g/mol. The fourth-order valence-electron chi connectivity index (χ4n) is 3.34. The fourth-order valence-corrected chi connectivity index (χ4v) is 3.34. The van der Waals surface area contributed by atoms with Crippen molar-refractivity contribution < 1.29 is 9.59 Å². The molecule has 0 aliphatic carbocycles. The highest BCUT2D eigenvalue weighted by Crippen LogP contribution is 2.21. The number of likely N-dealkylation sites (tertiary alicyclic amines) is 1. The summed E-state index contributed by atoms with van der Waals surface area (Å²) in [4.78, 5) is 26.0. The molecule has 0 aromatic heterocycles. The van der Waals surface area contributed by atoms with Gasteiger partial charge in [0.05, 0.1) is 5.92 Å². The number of piperidine rings is 1. The van der Waals surface area contributed by atoms with E-state index in [1.165, 1.54) is 12.5 Å². The summed E-state index contributed by atoms with van der Waals surface area (Å²) < 4.78 is 0. The molecule has 136 valence electrons. The molecule has 2 aromatic rings. The van der Waals surface area contributed by atoms with Crippen molar-refractivity contribution in [2.45, 2.75) is 26.3 Å². The van der Waals surface area contributed by atoms with Crippen molar-refractivity contribution in [1.29, 1.82) is 0 Å². The molecule has 2 amide bonds. The van der Waals surface area contributed by atoms with Gasteiger partial charge in [-0.1, -0.05) is 30.3 Å². The van der Waals surface area contributed by atoms with Crippen LogP contribution in [0.15, 0.2) is 54.6 Å². The van der Waals surface area contributed by atoms with Crippen LogP contribution in [0.2, 0.25) is 0 Å². The minimum Gasteiger partial charge on any atom is -0.326 e. The van der Waals surface area contributed by atoms with Crippen molar-refractivity contribution in [2.24, 2.45) is 5.92 Å². The van der Waals surface area contributed by atoms with Gasteiger partial charge < -0.3 is 10.6 Å². The Labute approximate surface area is 154 Å². The Hall–Kier alpha value is -2.66. The summed E-state index contributed by atoms with van der Waals surface area (Å²) in [5.74, 6) is -0.0416. The second-order valence-corrected chi connectivity index (χ2v) is 6.81. The van der Waals surface area contributed by atoms with Crippen molar-refractivity contribution >= 4 is 23.2 Å². The summed E-state index contributed by atoms with van der Waals surface area (Å²) in [5.41, 5.74) is 2.76. The molecule has 0 saturated carbocycles. The number of amides is 2. The van der Waals surface area contributed by atoms with Crippen LogP contribution in [0.25, 0.3) is 0 Å². The third-order valence-electron chi connectivity index (χ3n) is 4.60. The summed E-state index contributed by atoms with van der Waals surface area (Å²) in [6.45, 7) is 4.17. The molecule has 0 unspecified atom stereocenters. The lowest BCUT2D eigenvalue weighted by atomic mass is 9.96. The standard InChI is InChI=1S/C21H25N3O2/c1-16(25)22-19-9-11-20(12-10-19)23-21(26)18-8-5-13-24(15-18)14-17-6-3-2-4-7-17/h2-4,6-7,9-12,18H,5,8,13-15H2,1H3,(H,22,25)(H,23,26)/t18-/m1/s1. The molecule has 2 N–H and O–H groups in total. The highest BCUT2D eigenvalue weighted by molar-refractivity contribution is 5.93. The van der Waals surface area contributed by atoms with E-state index >= 15 is 0 Å². The van der Waals surface area contributed by atoms with Gasteiger partial charge in [-0.15, -0.1) is 0 Å². The van der Waals surface area contributed by atoms with E-state index < -0.39 is 0 Å². The molecule has 0 radical (unpaired) electrons. The van der Waals surface area contributed by atoms with Gasteiger partial charge in [0.25, 0.3) is 0 Å². The van der Waals surface area contributed by atoms with Crippen LogP contribution in [0, 0.1) is 5.92 Å². The van der Waals surface area contributed by atoms with Crippen LogP contribution in [-0.4, -0.2) is 29.8 Å². The largest absolute Gasteiger partial charge is 0.326 e. The number of anilines is 2. The zero-order valence-electron chi connectivity index (χ0n) is 15.1. The maximum atomic E-state index is 12.6. The molecule has 0 spiro atoms. The third kappa shape index (κ3) is 5.17. The zero-order chi connectivity index (χ0) is 18.4. The number of benzene rings is 2. The van der Waals surface area contributed by atoms with Crippen molar-refractivity contribution in [3.63, 3.8) is 0 Å². The molecule has 0 bridgehead atoms. The summed E-state index contributed by atoms with van der Waals surface area (Å²) in [6.07, 6.45) is 1.95. The van der Waals surface area contributed by atoms with Gasteiger partial charge in [0.1, 0.15) is 0 Å². The van der Waals surface area contributed by atoms with Crippen LogP contribution >= 0.6 is 0 Å². The Morgan fingerprint density at radius 2 is 1.65 bits per heavy atom. The molecular formula is C21H25N3O2. The van der Waals surface area contributed by atoms with E-state index in [-0.39, 0.29) is 17.7 Å². The van der Waals surface area contributed by atoms with E-state index in [9.17, 15) is 9.59 Å². The van der Waals surface area contributed by atoms with Crippen LogP contribution in [-0.2, 0) is 16.1 Å². The van der Waals surface area contributed by atoms with E-state index in [1.807, 2.05) is 30.3 Å². The molecule has 3 rings (SSSR count). The molecule has 1 atom stereocenters. The van der Waals surface area contributed by atoms with Gasteiger partial charge in [0, 0.05) is 31.4 Å². The number of rotatable bonds is 5. The quantitative estimate of drug-likeness (QED) is 0.867. The number of nitrogens with zero attached hydrogens (tertiary/aromatic N) is 1. The zero-order valence-corrected chi connectivity index (χ0v) is 15.1. The Kier molecular flexibility index (Phi) is 6.02. The Morgan fingerprint density at radius 3 is 2.31 bits per heavy atom. The summed E-state index contributed by atoms with van der Waals surface area (Å²) >= 11 is 0. The number of carbonyl (C=O) groups excluding carboxylic acids is 2. The van der Waals surface area contributed by atoms with Crippen molar-refractivity contribution in [3.05, 3.63) is 60.2 Å². The van der Waals surface area contributed by atoms with Crippen LogP contribution in [0.1, 0.15) is 25.3 Å². The average molecular weight is 351 g/mol. The molecule has 1 aliphatic heterocycles. The first-order valence-electron chi connectivity index (χ1n) is 9.05. The molecule has 1 heterocycles. The van der Waals surface area contributed by atoms with E-state index in [0.717, 1.165) is 43.9 Å². The molecule has 1 aliphatic rings. The highest BCUT2D eigenvalue weighted by Gasteiger charge is 2.25. The van der Waals surface area contributed by atoms with Crippen LogP contribution in [0.3, 0.4) is 0 Å². The maximum absolute atomic E-state index is 12.6.